The number of aryl methyl sites for hydroxylation is 1. The van der Waals surface area contributed by atoms with Gasteiger partial charge in [-0.2, -0.15) is 0 Å². The van der Waals surface area contributed by atoms with Crippen molar-refractivity contribution in [2.24, 2.45) is 22.4 Å². The van der Waals surface area contributed by atoms with Gasteiger partial charge in [-0.1, -0.05) is 12.1 Å². The van der Waals surface area contributed by atoms with Crippen molar-refractivity contribution in [1.82, 2.24) is 4.57 Å². The van der Waals surface area contributed by atoms with E-state index in [4.69, 9.17) is 22.0 Å². The molecule has 1 unspecified atom stereocenters. The van der Waals surface area contributed by atoms with Crippen LogP contribution in [-0.4, -0.2) is 46.1 Å². The molecule has 13 nitrogen and oxygen atoms in total. The summed E-state index contributed by atoms with van der Waals surface area (Å²) in [5.41, 5.74) is 14.8. The van der Waals surface area contributed by atoms with E-state index in [9.17, 15) is 26.4 Å². The van der Waals surface area contributed by atoms with E-state index in [-0.39, 0.29) is 19.0 Å². The molecule has 180 valence electrons. The number of carbonyl (C=O) groups excluding carboxylic acids is 1. The quantitative estimate of drug-likeness (QED) is 0.135. The predicted octanol–water partition coefficient (Wildman–Crippen LogP) is -1.02. The van der Waals surface area contributed by atoms with Crippen LogP contribution in [0, 0.1) is 6.92 Å². The van der Waals surface area contributed by atoms with Crippen molar-refractivity contribution in [3.63, 3.8) is 0 Å². The largest absolute Gasteiger partial charge is 0.393 e. The number of anilines is 1. The van der Waals surface area contributed by atoms with Crippen LogP contribution in [0.4, 0.5) is 5.69 Å². The van der Waals surface area contributed by atoms with Crippen LogP contribution in [0.15, 0.2) is 56.1 Å². The Kier molecular flexibility index (Phi) is 7.71. The van der Waals surface area contributed by atoms with Gasteiger partial charge in [0, 0.05) is 18.4 Å². The first-order chi connectivity index (χ1) is 15.3. The molecule has 7 N–H and O–H groups in total. The number of sulfone groups is 1. The molecule has 1 heterocycles. The molecule has 0 bridgehead atoms. The van der Waals surface area contributed by atoms with E-state index >= 15 is 0 Å². The summed E-state index contributed by atoms with van der Waals surface area (Å²) in [6, 6.07) is 6.33. The molecule has 0 fully saturated rings. The van der Waals surface area contributed by atoms with Gasteiger partial charge in [0.05, 0.1) is 4.90 Å². The lowest BCUT2D eigenvalue weighted by atomic mass is 10.1. The average Bonchev–Trinajstić information content (AvgIpc) is 2.70. The Hall–Kier alpha value is -3.59. The number of nitrogens with two attached hydrogens (primary N) is 3. The minimum atomic E-state index is -4.48. The molecule has 0 saturated heterocycles. The first kappa shape index (κ1) is 25.7. The first-order valence-corrected chi connectivity index (χ1v) is 12.7. The van der Waals surface area contributed by atoms with Gasteiger partial charge >= 0.3 is 0 Å². The molecular formula is C18H24N6O7S2. The number of oxime groups is 1. The van der Waals surface area contributed by atoms with E-state index in [2.05, 4.69) is 9.88 Å². The van der Waals surface area contributed by atoms with Gasteiger partial charge in [0.15, 0.2) is 9.84 Å². The van der Waals surface area contributed by atoms with Crippen molar-refractivity contribution in [2.75, 3.05) is 17.6 Å². The fourth-order valence-electron chi connectivity index (χ4n) is 2.97. The first-order valence-electron chi connectivity index (χ1n) is 9.30. The number of guanidine groups is 1. The molecule has 1 aromatic heterocycles. The van der Waals surface area contributed by atoms with Crippen LogP contribution in [-0.2, 0) is 29.5 Å². The SMILES string of the molecule is Cc1ccc(NS(=O)(=O)c2ccccc2S(C)(=O)=O)c(=O)n1C(CCON=C(N)N)C(N)=O. The number of benzene rings is 1. The smallest absolute Gasteiger partial charge is 0.275 e. The van der Waals surface area contributed by atoms with E-state index in [1.807, 2.05) is 0 Å². The molecule has 0 aliphatic heterocycles. The van der Waals surface area contributed by atoms with Gasteiger partial charge in [0.25, 0.3) is 15.6 Å². The Bertz CT molecular complexity index is 1350. The number of hydrogen-bond acceptors (Lipinski definition) is 8. The lowest BCUT2D eigenvalue weighted by molar-refractivity contribution is -0.121. The van der Waals surface area contributed by atoms with E-state index < -0.39 is 52.8 Å². The number of amides is 1. The third-order valence-corrected chi connectivity index (χ3v) is 7.10. The molecule has 1 aromatic carbocycles. The standard InChI is InChI=1S/C18H24N6O7S2/c1-11-7-8-12(17(26)24(11)13(16(19)25)9-10-31-22-18(20)21)23-33(29,30)15-6-4-3-5-14(15)32(2,27)28/h3-8,13,23H,9-10H2,1-2H3,(H2,19,25)(H4,20,21,22). The van der Waals surface area contributed by atoms with Crippen molar-refractivity contribution in [3.8, 4) is 0 Å². The minimum absolute atomic E-state index is 0.0972. The zero-order chi connectivity index (χ0) is 25.0. The fourth-order valence-corrected chi connectivity index (χ4v) is 5.66. The summed E-state index contributed by atoms with van der Waals surface area (Å²) in [5.74, 6) is -1.22. The molecular weight excluding hydrogens is 476 g/mol. The van der Waals surface area contributed by atoms with Crippen LogP contribution in [0.3, 0.4) is 0 Å². The number of sulfonamides is 1. The van der Waals surface area contributed by atoms with Crippen LogP contribution in [0.2, 0.25) is 0 Å². The average molecular weight is 501 g/mol. The third kappa shape index (κ3) is 6.23. The summed E-state index contributed by atoms with van der Waals surface area (Å²) in [7, 11) is -8.37. The summed E-state index contributed by atoms with van der Waals surface area (Å²) in [6.07, 6.45) is 0.766. The summed E-state index contributed by atoms with van der Waals surface area (Å²) in [4.78, 5) is 29.0. The van der Waals surface area contributed by atoms with E-state index in [0.29, 0.717) is 5.69 Å². The lowest BCUT2D eigenvalue weighted by Crippen LogP contribution is -2.37. The Balaban J connectivity index is 2.49. The molecule has 33 heavy (non-hydrogen) atoms. The highest BCUT2D eigenvalue weighted by atomic mass is 32.2. The van der Waals surface area contributed by atoms with Gasteiger partial charge in [-0.15, -0.1) is 0 Å². The Morgan fingerprint density at radius 3 is 2.24 bits per heavy atom. The topological polar surface area (TPSA) is 219 Å². The van der Waals surface area contributed by atoms with Crippen LogP contribution in [0.1, 0.15) is 18.2 Å². The molecule has 1 atom stereocenters. The fraction of sp³-hybridized carbons (Fsp3) is 0.278. The minimum Gasteiger partial charge on any atom is -0.393 e. The van der Waals surface area contributed by atoms with Crippen molar-refractivity contribution < 1.29 is 26.5 Å². The highest BCUT2D eigenvalue weighted by Gasteiger charge is 2.27. The van der Waals surface area contributed by atoms with Gasteiger partial charge in [-0.3, -0.25) is 18.9 Å². The Morgan fingerprint density at radius 2 is 1.70 bits per heavy atom. The normalized spacial score (nSPS) is 12.5. The molecule has 0 radical (unpaired) electrons. The monoisotopic (exact) mass is 500 g/mol. The number of primary amides is 1. The van der Waals surface area contributed by atoms with Crippen molar-refractivity contribution in [3.05, 3.63) is 52.4 Å². The van der Waals surface area contributed by atoms with Crippen molar-refractivity contribution in [2.45, 2.75) is 29.2 Å². The van der Waals surface area contributed by atoms with E-state index in [1.165, 1.54) is 31.2 Å². The van der Waals surface area contributed by atoms with E-state index in [0.717, 1.165) is 23.0 Å². The van der Waals surface area contributed by atoms with Crippen molar-refractivity contribution in [1.29, 1.82) is 0 Å². The molecule has 2 rings (SSSR count). The van der Waals surface area contributed by atoms with Crippen LogP contribution in [0.25, 0.3) is 0 Å². The Labute approximate surface area is 190 Å². The molecule has 0 saturated carbocycles. The lowest BCUT2D eigenvalue weighted by Gasteiger charge is -2.20. The van der Waals surface area contributed by atoms with Crippen molar-refractivity contribution >= 4 is 37.4 Å². The van der Waals surface area contributed by atoms with E-state index in [1.54, 1.807) is 0 Å². The zero-order valence-corrected chi connectivity index (χ0v) is 19.4. The number of aromatic nitrogens is 1. The summed E-state index contributed by atoms with van der Waals surface area (Å²) < 4.78 is 52.9. The molecule has 1 amide bonds. The highest BCUT2D eigenvalue weighted by Crippen LogP contribution is 2.23. The van der Waals surface area contributed by atoms with Gasteiger partial charge < -0.3 is 22.0 Å². The number of nitrogens with one attached hydrogen (secondary N) is 1. The third-order valence-electron chi connectivity index (χ3n) is 4.40. The molecule has 0 aliphatic carbocycles. The molecule has 2 aromatic rings. The zero-order valence-electron chi connectivity index (χ0n) is 17.8. The van der Waals surface area contributed by atoms with Gasteiger partial charge in [0.1, 0.15) is 23.2 Å². The highest BCUT2D eigenvalue weighted by molar-refractivity contribution is 7.95. The number of pyridine rings is 1. The maximum atomic E-state index is 13.1. The van der Waals surface area contributed by atoms with Crippen LogP contribution < -0.4 is 27.5 Å². The second kappa shape index (κ2) is 9.91. The molecule has 0 aliphatic rings. The van der Waals surface area contributed by atoms with Gasteiger partial charge in [-0.05, 0) is 36.3 Å². The predicted molar refractivity (Wildman–Crippen MR) is 120 cm³/mol. The molecule has 15 heteroatoms. The Morgan fingerprint density at radius 1 is 1.09 bits per heavy atom. The number of hydrogen-bond donors (Lipinski definition) is 4. The number of nitrogens with zero attached hydrogens (tertiary/aromatic N) is 2. The maximum Gasteiger partial charge on any atom is 0.275 e. The molecule has 0 spiro atoms. The van der Waals surface area contributed by atoms with Gasteiger partial charge in [-0.25, -0.2) is 16.8 Å². The van der Waals surface area contributed by atoms with Gasteiger partial charge in [0.2, 0.25) is 11.9 Å². The summed E-state index contributed by atoms with van der Waals surface area (Å²) in [5, 5.41) is 3.31. The number of rotatable bonds is 10. The summed E-state index contributed by atoms with van der Waals surface area (Å²) >= 11 is 0. The second-order valence-corrected chi connectivity index (χ2v) is 10.6. The number of carbonyl (C=O) groups is 1. The second-order valence-electron chi connectivity index (χ2n) is 6.94. The van der Waals surface area contributed by atoms with Crippen LogP contribution in [0.5, 0.6) is 0 Å². The summed E-state index contributed by atoms with van der Waals surface area (Å²) in [6.45, 7) is 1.35. The maximum absolute atomic E-state index is 13.1. The van der Waals surface area contributed by atoms with Crippen LogP contribution >= 0.6 is 0 Å².